The topological polar surface area (TPSA) is 71.2 Å². The SMILES string of the molecule is CCN1CCC(CNC(=O)c2sc3cccnc3c2N)C1. The average molecular weight is 304 g/mol. The summed E-state index contributed by atoms with van der Waals surface area (Å²) in [4.78, 5) is 19.6. The molecule has 0 bridgehead atoms. The van der Waals surface area contributed by atoms with Gasteiger partial charge in [-0.15, -0.1) is 11.3 Å². The van der Waals surface area contributed by atoms with Crippen LogP contribution in [-0.4, -0.2) is 42.0 Å². The van der Waals surface area contributed by atoms with E-state index in [4.69, 9.17) is 5.73 Å². The number of thiophene rings is 1. The van der Waals surface area contributed by atoms with Gasteiger partial charge in [-0.2, -0.15) is 0 Å². The lowest BCUT2D eigenvalue weighted by atomic mass is 10.1. The van der Waals surface area contributed by atoms with Crippen LogP contribution in [0.4, 0.5) is 5.69 Å². The third-order valence-electron chi connectivity index (χ3n) is 4.06. The van der Waals surface area contributed by atoms with Crippen molar-refractivity contribution in [2.24, 2.45) is 5.92 Å². The van der Waals surface area contributed by atoms with Crippen molar-refractivity contribution >= 4 is 33.1 Å². The minimum absolute atomic E-state index is 0.0783. The predicted molar refractivity (Wildman–Crippen MR) is 86.6 cm³/mol. The Morgan fingerprint density at radius 2 is 2.48 bits per heavy atom. The van der Waals surface area contributed by atoms with Crippen LogP contribution >= 0.6 is 11.3 Å². The molecule has 112 valence electrons. The number of nitrogens with two attached hydrogens (primary N) is 1. The number of hydrogen-bond donors (Lipinski definition) is 2. The number of nitrogens with zero attached hydrogens (tertiary/aromatic N) is 2. The van der Waals surface area contributed by atoms with Crippen LogP contribution in [-0.2, 0) is 0 Å². The molecule has 1 aliphatic heterocycles. The molecule has 2 aromatic rings. The molecule has 5 nitrogen and oxygen atoms in total. The summed E-state index contributed by atoms with van der Waals surface area (Å²) in [5.74, 6) is 0.466. The molecule has 3 rings (SSSR count). The number of hydrogen-bond acceptors (Lipinski definition) is 5. The van der Waals surface area contributed by atoms with Gasteiger partial charge in [0.25, 0.3) is 5.91 Å². The zero-order chi connectivity index (χ0) is 14.8. The number of carbonyl (C=O) groups excluding carboxylic acids is 1. The maximum atomic E-state index is 12.3. The average Bonchev–Trinajstić information content (AvgIpc) is 3.10. The van der Waals surface area contributed by atoms with Crippen LogP contribution in [0, 0.1) is 5.92 Å². The van der Waals surface area contributed by atoms with Crippen molar-refractivity contribution in [3.63, 3.8) is 0 Å². The minimum Gasteiger partial charge on any atom is -0.396 e. The van der Waals surface area contributed by atoms with Crippen molar-refractivity contribution in [1.29, 1.82) is 0 Å². The van der Waals surface area contributed by atoms with Crippen molar-refractivity contribution < 1.29 is 4.79 Å². The first kappa shape index (κ1) is 14.3. The molecule has 6 heteroatoms. The van der Waals surface area contributed by atoms with Crippen LogP contribution in [0.3, 0.4) is 0 Å². The zero-order valence-corrected chi connectivity index (χ0v) is 12.9. The molecule has 1 fully saturated rings. The molecular formula is C15H20N4OS. The van der Waals surface area contributed by atoms with Crippen LogP contribution < -0.4 is 11.1 Å². The first-order valence-corrected chi connectivity index (χ1v) is 8.14. The lowest BCUT2D eigenvalue weighted by molar-refractivity contribution is 0.0952. The van der Waals surface area contributed by atoms with Crippen LogP contribution in [0.1, 0.15) is 23.0 Å². The predicted octanol–water partition coefficient (Wildman–Crippen LogP) is 1.95. The molecule has 1 atom stereocenters. The molecule has 21 heavy (non-hydrogen) atoms. The molecule has 0 spiro atoms. The molecule has 1 unspecified atom stereocenters. The fourth-order valence-corrected chi connectivity index (χ4v) is 3.80. The second-order valence-corrected chi connectivity index (χ2v) is 6.51. The van der Waals surface area contributed by atoms with E-state index in [1.54, 1.807) is 6.20 Å². The summed E-state index contributed by atoms with van der Waals surface area (Å²) >= 11 is 1.41. The van der Waals surface area contributed by atoms with E-state index in [0.29, 0.717) is 16.5 Å². The third-order valence-corrected chi connectivity index (χ3v) is 5.22. The highest BCUT2D eigenvalue weighted by molar-refractivity contribution is 7.21. The van der Waals surface area contributed by atoms with Gasteiger partial charge >= 0.3 is 0 Å². The standard InChI is InChI=1S/C15H20N4OS/c1-2-19-7-5-10(9-19)8-18-15(20)14-12(16)13-11(21-14)4-3-6-17-13/h3-4,6,10H,2,5,7-9,16H2,1H3,(H,18,20). The summed E-state index contributed by atoms with van der Waals surface area (Å²) in [6, 6.07) is 3.80. The number of rotatable bonds is 4. The van der Waals surface area contributed by atoms with Gasteiger partial charge in [-0.05, 0) is 37.6 Å². The highest BCUT2D eigenvalue weighted by Crippen LogP contribution is 2.31. The normalized spacial score (nSPS) is 19.2. The molecule has 0 saturated carbocycles. The van der Waals surface area contributed by atoms with E-state index < -0.39 is 0 Å². The maximum absolute atomic E-state index is 12.3. The van der Waals surface area contributed by atoms with Crippen molar-refractivity contribution in [2.75, 3.05) is 31.9 Å². The summed E-state index contributed by atoms with van der Waals surface area (Å²) < 4.78 is 0.957. The molecule has 0 radical (unpaired) electrons. The Bertz CT molecular complexity index is 654. The number of carbonyl (C=O) groups is 1. The summed E-state index contributed by atoms with van der Waals surface area (Å²) in [5, 5.41) is 3.02. The van der Waals surface area contributed by atoms with Gasteiger partial charge in [-0.1, -0.05) is 6.92 Å². The van der Waals surface area contributed by atoms with Crippen LogP contribution in [0.5, 0.6) is 0 Å². The second kappa shape index (κ2) is 5.99. The summed E-state index contributed by atoms with van der Waals surface area (Å²) in [5.41, 5.74) is 7.27. The quantitative estimate of drug-likeness (QED) is 0.905. The van der Waals surface area contributed by atoms with Crippen LogP contribution in [0.15, 0.2) is 18.3 Å². The van der Waals surface area contributed by atoms with E-state index in [9.17, 15) is 4.79 Å². The van der Waals surface area contributed by atoms with Gasteiger partial charge in [0.2, 0.25) is 0 Å². The summed E-state index contributed by atoms with van der Waals surface area (Å²) in [6.45, 7) is 6.17. The Morgan fingerprint density at radius 1 is 1.62 bits per heavy atom. The molecule has 1 saturated heterocycles. The Hall–Kier alpha value is -1.66. The Balaban J connectivity index is 1.66. The molecule has 1 amide bonds. The minimum atomic E-state index is -0.0783. The van der Waals surface area contributed by atoms with E-state index in [2.05, 4.69) is 22.1 Å². The highest BCUT2D eigenvalue weighted by atomic mass is 32.1. The van der Waals surface area contributed by atoms with Crippen LogP contribution in [0.2, 0.25) is 0 Å². The Labute approximate surface area is 128 Å². The molecule has 3 heterocycles. The number of amides is 1. The smallest absolute Gasteiger partial charge is 0.263 e. The highest BCUT2D eigenvalue weighted by Gasteiger charge is 2.23. The molecule has 0 aliphatic carbocycles. The van der Waals surface area contributed by atoms with Gasteiger partial charge in [0.1, 0.15) is 10.4 Å². The number of anilines is 1. The molecule has 3 N–H and O–H groups in total. The number of fused-ring (bicyclic) bond motifs is 1. The first-order valence-electron chi connectivity index (χ1n) is 7.32. The van der Waals surface area contributed by atoms with Crippen molar-refractivity contribution in [1.82, 2.24) is 15.2 Å². The van der Waals surface area contributed by atoms with Gasteiger partial charge in [0, 0.05) is 19.3 Å². The maximum Gasteiger partial charge on any atom is 0.263 e. The lowest BCUT2D eigenvalue weighted by Gasteiger charge is -2.13. The molecule has 1 aliphatic rings. The van der Waals surface area contributed by atoms with Crippen molar-refractivity contribution in [3.8, 4) is 0 Å². The number of pyridine rings is 1. The molecule has 2 aromatic heterocycles. The Kier molecular flexibility index (Phi) is 4.07. The van der Waals surface area contributed by atoms with Crippen LogP contribution in [0.25, 0.3) is 10.2 Å². The van der Waals surface area contributed by atoms with E-state index in [1.807, 2.05) is 12.1 Å². The monoisotopic (exact) mass is 304 g/mol. The van der Waals surface area contributed by atoms with Gasteiger partial charge in [-0.3, -0.25) is 9.78 Å². The third kappa shape index (κ3) is 2.87. The summed E-state index contributed by atoms with van der Waals surface area (Å²) in [6.07, 6.45) is 2.85. The molecular weight excluding hydrogens is 284 g/mol. The fourth-order valence-electron chi connectivity index (χ4n) is 2.80. The largest absolute Gasteiger partial charge is 0.396 e. The van der Waals surface area contributed by atoms with Crippen molar-refractivity contribution in [2.45, 2.75) is 13.3 Å². The zero-order valence-electron chi connectivity index (χ0n) is 12.1. The number of aromatic nitrogens is 1. The second-order valence-electron chi connectivity index (χ2n) is 5.45. The molecule has 0 aromatic carbocycles. The van der Waals surface area contributed by atoms with Gasteiger partial charge in [0.05, 0.1) is 10.4 Å². The van der Waals surface area contributed by atoms with Gasteiger partial charge in [-0.25, -0.2) is 0 Å². The van der Waals surface area contributed by atoms with Gasteiger partial charge in [0.15, 0.2) is 0 Å². The van der Waals surface area contributed by atoms with E-state index in [1.165, 1.54) is 11.3 Å². The van der Waals surface area contributed by atoms with Crippen molar-refractivity contribution in [3.05, 3.63) is 23.2 Å². The van der Waals surface area contributed by atoms with E-state index in [-0.39, 0.29) is 5.91 Å². The summed E-state index contributed by atoms with van der Waals surface area (Å²) in [7, 11) is 0. The lowest BCUT2D eigenvalue weighted by Crippen LogP contribution is -2.30. The number of likely N-dealkylation sites (tertiary alicyclic amines) is 1. The van der Waals surface area contributed by atoms with E-state index in [0.717, 1.165) is 42.8 Å². The van der Waals surface area contributed by atoms with E-state index >= 15 is 0 Å². The van der Waals surface area contributed by atoms with Gasteiger partial charge < -0.3 is 16.0 Å². The number of nitrogen functional groups attached to an aromatic ring is 1. The fraction of sp³-hybridized carbons (Fsp3) is 0.467. The first-order chi connectivity index (χ1) is 10.2. The Morgan fingerprint density at radius 3 is 3.19 bits per heavy atom. The number of nitrogens with one attached hydrogen (secondary N) is 1.